The van der Waals surface area contributed by atoms with Crippen LogP contribution in [-0.2, 0) is 0 Å². The molecule has 1 atom stereocenters. The third-order valence-electron chi connectivity index (χ3n) is 4.27. The van der Waals surface area contributed by atoms with Crippen LogP contribution in [0.5, 0.6) is 0 Å². The lowest BCUT2D eigenvalue weighted by atomic mass is 9.99. The van der Waals surface area contributed by atoms with Crippen LogP contribution in [0.15, 0.2) is 96.4 Å². The third kappa shape index (κ3) is 3.68. The second-order valence-electron chi connectivity index (χ2n) is 6.03. The van der Waals surface area contributed by atoms with Gasteiger partial charge in [-0.15, -0.1) is 0 Å². The molecular weight excluding hydrogens is 336 g/mol. The van der Waals surface area contributed by atoms with Gasteiger partial charge in [-0.25, -0.2) is 9.97 Å². The van der Waals surface area contributed by atoms with Gasteiger partial charge in [0.15, 0.2) is 5.82 Å². The highest BCUT2D eigenvalue weighted by atomic mass is 16.3. The molecule has 0 radical (unpaired) electrons. The maximum absolute atomic E-state index is 10.9. The number of benzene rings is 3. The van der Waals surface area contributed by atoms with Gasteiger partial charge in [-0.1, -0.05) is 72.8 Å². The maximum Gasteiger partial charge on any atom is 0.157 e. The predicted octanol–water partition coefficient (Wildman–Crippen LogP) is 4.18. The lowest BCUT2D eigenvalue weighted by Crippen LogP contribution is -2.16. The van der Waals surface area contributed by atoms with Crippen LogP contribution in [0.3, 0.4) is 0 Å². The van der Waals surface area contributed by atoms with Crippen molar-refractivity contribution in [2.24, 2.45) is 5.10 Å². The van der Waals surface area contributed by atoms with Crippen LogP contribution >= 0.6 is 0 Å². The summed E-state index contributed by atoms with van der Waals surface area (Å²) >= 11 is 0. The molecule has 1 unspecified atom stereocenters. The lowest BCUT2D eigenvalue weighted by molar-refractivity contribution is 0.248. The second kappa shape index (κ2) is 7.76. The average Bonchev–Trinajstić information content (AvgIpc) is 2.75. The van der Waals surface area contributed by atoms with Gasteiger partial charge in [-0.05, 0) is 17.7 Å². The summed E-state index contributed by atoms with van der Waals surface area (Å²) in [6.07, 6.45) is 0.630. The summed E-state index contributed by atoms with van der Waals surface area (Å²) < 4.78 is 0. The number of hydrogen-bond acceptors (Lipinski definition) is 5. The van der Waals surface area contributed by atoms with Gasteiger partial charge >= 0.3 is 0 Å². The van der Waals surface area contributed by atoms with Gasteiger partial charge in [0.2, 0.25) is 0 Å². The van der Waals surface area contributed by atoms with E-state index in [2.05, 4.69) is 20.5 Å². The summed E-state index contributed by atoms with van der Waals surface area (Å²) in [7, 11) is 0. The molecule has 2 N–H and O–H groups in total. The first-order valence-corrected chi connectivity index (χ1v) is 8.65. The fourth-order valence-electron chi connectivity index (χ4n) is 2.89. The van der Waals surface area contributed by atoms with Crippen LogP contribution in [0.25, 0.3) is 10.9 Å². The molecule has 5 nitrogen and oxygen atoms in total. The molecule has 4 rings (SSSR count). The van der Waals surface area contributed by atoms with Crippen LogP contribution < -0.4 is 5.43 Å². The Morgan fingerprint density at radius 2 is 1.48 bits per heavy atom. The van der Waals surface area contributed by atoms with E-state index in [9.17, 15) is 5.11 Å². The average molecular weight is 354 g/mol. The highest BCUT2D eigenvalue weighted by molar-refractivity contribution is 6.04. The standard InChI is InChI=1S/C22H18N4O/c27-21(17-11-5-2-6-12-17)20(16-9-3-1-4-10-16)25-26-22-18-13-7-8-14-19(18)23-15-24-22/h1-15,21,27H,(H,23,24,26)/b25-20+. The third-order valence-corrected chi connectivity index (χ3v) is 4.27. The van der Waals surface area contributed by atoms with E-state index in [1.54, 1.807) is 0 Å². The SMILES string of the molecule is OC(/C(=N/Nc1ncnc2ccccc12)c1ccccc1)c1ccccc1. The van der Waals surface area contributed by atoms with Crippen molar-refractivity contribution in [1.29, 1.82) is 0 Å². The van der Waals surface area contributed by atoms with Crippen molar-refractivity contribution in [3.63, 3.8) is 0 Å². The summed E-state index contributed by atoms with van der Waals surface area (Å²) in [5.74, 6) is 0.592. The summed E-state index contributed by atoms with van der Waals surface area (Å²) in [6.45, 7) is 0. The van der Waals surface area contributed by atoms with Crippen molar-refractivity contribution in [2.45, 2.75) is 6.10 Å². The largest absolute Gasteiger partial charge is 0.382 e. The number of nitrogens with zero attached hydrogens (tertiary/aromatic N) is 3. The van der Waals surface area contributed by atoms with Crippen molar-refractivity contribution in [3.8, 4) is 0 Å². The first kappa shape index (κ1) is 16.9. The number of aliphatic hydroxyl groups excluding tert-OH is 1. The second-order valence-corrected chi connectivity index (χ2v) is 6.03. The van der Waals surface area contributed by atoms with Gasteiger partial charge < -0.3 is 5.11 Å². The number of para-hydroxylation sites is 1. The van der Waals surface area contributed by atoms with Gasteiger partial charge in [0.25, 0.3) is 0 Å². The van der Waals surface area contributed by atoms with Crippen molar-refractivity contribution < 1.29 is 5.11 Å². The Balaban J connectivity index is 1.74. The Bertz CT molecular complexity index is 1060. The summed E-state index contributed by atoms with van der Waals surface area (Å²) in [6, 6.07) is 26.8. The molecular formula is C22H18N4O. The normalized spacial score (nSPS) is 12.7. The molecule has 0 spiro atoms. The zero-order valence-electron chi connectivity index (χ0n) is 14.5. The molecule has 5 heteroatoms. The van der Waals surface area contributed by atoms with Crippen LogP contribution in [0.4, 0.5) is 5.82 Å². The van der Waals surface area contributed by atoms with Crippen LogP contribution in [0.1, 0.15) is 17.2 Å². The maximum atomic E-state index is 10.9. The number of aromatic nitrogens is 2. The summed E-state index contributed by atoms with van der Waals surface area (Å²) in [5.41, 5.74) is 5.97. The molecule has 0 bridgehead atoms. The van der Waals surface area contributed by atoms with E-state index < -0.39 is 6.10 Å². The van der Waals surface area contributed by atoms with Gasteiger partial charge in [-0.3, -0.25) is 5.43 Å². The molecule has 1 heterocycles. The van der Waals surface area contributed by atoms with Gasteiger partial charge in [-0.2, -0.15) is 5.10 Å². The minimum Gasteiger partial charge on any atom is -0.382 e. The number of hydrogen-bond donors (Lipinski definition) is 2. The fourth-order valence-corrected chi connectivity index (χ4v) is 2.89. The van der Waals surface area contributed by atoms with Gasteiger partial charge in [0.1, 0.15) is 18.1 Å². The summed E-state index contributed by atoms with van der Waals surface area (Å²) in [4.78, 5) is 8.55. The highest BCUT2D eigenvalue weighted by Gasteiger charge is 2.17. The van der Waals surface area contributed by atoms with Crippen molar-refractivity contribution in [3.05, 3.63) is 102 Å². The van der Waals surface area contributed by atoms with Crippen LogP contribution in [0, 0.1) is 0 Å². The smallest absolute Gasteiger partial charge is 0.157 e. The molecule has 0 aliphatic heterocycles. The Hall–Kier alpha value is -3.57. The molecule has 0 aliphatic rings. The Morgan fingerprint density at radius 1 is 0.815 bits per heavy atom. The molecule has 0 aliphatic carbocycles. The van der Waals surface area contributed by atoms with E-state index in [1.807, 2.05) is 84.9 Å². The predicted molar refractivity (Wildman–Crippen MR) is 108 cm³/mol. The Morgan fingerprint density at radius 3 is 2.26 bits per heavy atom. The molecule has 4 aromatic rings. The molecule has 0 fully saturated rings. The first-order chi connectivity index (χ1) is 13.3. The monoisotopic (exact) mass is 354 g/mol. The fraction of sp³-hybridized carbons (Fsp3) is 0.0455. The molecule has 0 saturated heterocycles. The zero-order chi connectivity index (χ0) is 18.5. The Labute approximate surface area is 157 Å². The number of aliphatic hydroxyl groups is 1. The number of nitrogens with one attached hydrogen (secondary N) is 1. The molecule has 0 amide bonds. The highest BCUT2D eigenvalue weighted by Crippen LogP contribution is 2.22. The van der Waals surface area contributed by atoms with Crippen LogP contribution in [0.2, 0.25) is 0 Å². The van der Waals surface area contributed by atoms with E-state index in [1.165, 1.54) is 6.33 Å². The van der Waals surface area contributed by atoms with Gasteiger partial charge in [0, 0.05) is 10.9 Å². The molecule has 132 valence electrons. The lowest BCUT2D eigenvalue weighted by Gasteiger charge is -2.15. The number of anilines is 1. The first-order valence-electron chi connectivity index (χ1n) is 8.65. The quantitative estimate of drug-likeness (QED) is 0.417. The van der Waals surface area contributed by atoms with Crippen LogP contribution in [-0.4, -0.2) is 20.8 Å². The number of rotatable bonds is 5. The topological polar surface area (TPSA) is 70.4 Å². The minimum absolute atomic E-state index is 0.518. The van der Waals surface area contributed by atoms with E-state index in [0.29, 0.717) is 11.5 Å². The zero-order valence-corrected chi connectivity index (χ0v) is 14.5. The van der Waals surface area contributed by atoms with E-state index >= 15 is 0 Å². The van der Waals surface area contributed by atoms with Crippen molar-refractivity contribution in [1.82, 2.24) is 9.97 Å². The van der Waals surface area contributed by atoms with Gasteiger partial charge in [0.05, 0.1) is 5.52 Å². The Kier molecular flexibility index (Phi) is 4.85. The molecule has 27 heavy (non-hydrogen) atoms. The minimum atomic E-state index is -0.866. The van der Waals surface area contributed by atoms with Crippen molar-refractivity contribution in [2.75, 3.05) is 5.43 Å². The molecule has 3 aromatic carbocycles. The van der Waals surface area contributed by atoms with E-state index in [-0.39, 0.29) is 0 Å². The van der Waals surface area contributed by atoms with E-state index in [4.69, 9.17) is 0 Å². The number of hydrazone groups is 1. The van der Waals surface area contributed by atoms with Crippen molar-refractivity contribution >= 4 is 22.4 Å². The number of fused-ring (bicyclic) bond motifs is 1. The molecule has 0 saturated carbocycles. The molecule has 1 aromatic heterocycles. The van der Waals surface area contributed by atoms with E-state index in [0.717, 1.165) is 22.0 Å². The summed E-state index contributed by atoms with van der Waals surface area (Å²) in [5, 5.41) is 16.3.